The lowest BCUT2D eigenvalue weighted by atomic mass is 10.0. The summed E-state index contributed by atoms with van der Waals surface area (Å²) in [6.07, 6.45) is 0.641. The second-order valence-corrected chi connectivity index (χ2v) is 5.62. The van der Waals surface area contributed by atoms with Crippen molar-refractivity contribution in [1.82, 2.24) is 0 Å². The molecule has 1 aliphatic rings. The highest BCUT2D eigenvalue weighted by Crippen LogP contribution is 2.39. The summed E-state index contributed by atoms with van der Waals surface area (Å²) < 4.78 is 10.9. The van der Waals surface area contributed by atoms with Crippen molar-refractivity contribution in [3.8, 4) is 5.75 Å². The van der Waals surface area contributed by atoms with Crippen LogP contribution in [0.2, 0.25) is 0 Å². The molecule has 0 spiro atoms. The molecule has 0 bridgehead atoms. The van der Waals surface area contributed by atoms with E-state index < -0.39 is 11.7 Å². The number of benzene rings is 1. The number of rotatable bonds is 2. The van der Waals surface area contributed by atoms with E-state index in [1.165, 1.54) is 6.26 Å². The first kappa shape index (κ1) is 13.7. The van der Waals surface area contributed by atoms with Gasteiger partial charge >= 0.3 is 0 Å². The van der Waals surface area contributed by atoms with Gasteiger partial charge in [0.2, 0.25) is 0 Å². The van der Waals surface area contributed by atoms with Gasteiger partial charge < -0.3 is 19.2 Å². The van der Waals surface area contributed by atoms with E-state index in [2.05, 4.69) is 0 Å². The monoisotopic (exact) mass is 287 g/mol. The van der Waals surface area contributed by atoms with E-state index in [1.807, 2.05) is 0 Å². The van der Waals surface area contributed by atoms with Crippen LogP contribution < -0.4 is 9.64 Å². The normalized spacial score (nSPS) is 18.1. The maximum atomic E-state index is 12.2. The summed E-state index contributed by atoms with van der Waals surface area (Å²) in [6, 6.07) is 8.71. The first-order valence-corrected chi connectivity index (χ1v) is 6.73. The van der Waals surface area contributed by atoms with Crippen LogP contribution in [0.3, 0.4) is 0 Å². The summed E-state index contributed by atoms with van der Waals surface area (Å²) in [5.74, 6) is 0.957. The van der Waals surface area contributed by atoms with Crippen molar-refractivity contribution in [2.75, 3.05) is 11.9 Å². The molecule has 1 unspecified atom stereocenters. The van der Waals surface area contributed by atoms with Gasteiger partial charge in [-0.25, -0.2) is 0 Å². The molecule has 1 atom stereocenters. The number of carbonyl (C=O) groups excluding carboxylic acids is 1. The van der Waals surface area contributed by atoms with Gasteiger partial charge in [0.25, 0.3) is 5.91 Å². The molecule has 1 N–H and O–H groups in total. The summed E-state index contributed by atoms with van der Waals surface area (Å²) >= 11 is 0. The molecule has 0 saturated heterocycles. The average molecular weight is 287 g/mol. The van der Waals surface area contributed by atoms with Gasteiger partial charge in [-0.2, -0.15) is 0 Å². The second-order valence-electron chi connectivity index (χ2n) is 5.62. The van der Waals surface area contributed by atoms with E-state index in [0.29, 0.717) is 22.8 Å². The molecule has 21 heavy (non-hydrogen) atoms. The maximum absolute atomic E-state index is 12.2. The molecule has 1 amide bonds. The van der Waals surface area contributed by atoms with E-state index in [1.54, 1.807) is 56.1 Å². The number of anilines is 1. The summed E-state index contributed by atoms with van der Waals surface area (Å²) in [6.45, 7) is 3.47. The van der Waals surface area contributed by atoms with Crippen molar-refractivity contribution in [3.63, 3.8) is 0 Å². The van der Waals surface area contributed by atoms with Gasteiger partial charge in [-0.1, -0.05) is 6.07 Å². The molecule has 110 valence electrons. The van der Waals surface area contributed by atoms with Crippen LogP contribution in [-0.2, 0) is 4.79 Å². The summed E-state index contributed by atoms with van der Waals surface area (Å²) in [7, 11) is 1.70. The largest absolute Gasteiger partial charge is 0.476 e. The summed E-state index contributed by atoms with van der Waals surface area (Å²) in [5, 5.41) is 10.3. The molecule has 1 aromatic heterocycles. The Morgan fingerprint density at radius 3 is 2.71 bits per heavy atom. The number of furan rings is 1. The molecule has 1 aliphatic heterocycles. The molecule has 0 saturated carbocycles. The fraction of sp³-hybridized carbons (Fsp3) is 0.312. The molecule has 3 rings (SSSR count). The number of hydrogen-bond donors (Lipinski definition) is 1. The zero-order valence-electron chi connectivity index (χ0n) is 12.2. The zero-order chi connectivity index (χ0) is 15.2. The molecule has 2 heterocycles. The van der Waals surface area contributed by atoms with Crippen molar-refractivity contribution in [3.05, 3.63) is 47.9 Å². The van der Waals surface area contributed by atoms with Gasteiger partial charge in [-0.3, -0.25) is 4.79 Å². The van der Waals surface area contributed by atoms with Crippen LogP contribution in [0, 0.1) is 0 Å². The highest BCUT2D eigenvalue weighted by atomic mass is 16.5. The van der Waals surface area contributed by atoms with Gasteiger partial charge in [0.05, 0.1) is 12.0 Å². The minimum atomic E-state index is -0.886. The van der Waals surface area contributed by atoms with E-state index >= 15 is 0 Å². The van der Waals surface area contributed by atoms with Crippen molar-refractivity contribution in [1.29, 1.82) is 0 Å². The third-order valence-corrected chi connectivity index (χ3v) is 3.66. The number of aliphatic hydroxyl groups excluding tert-OH is 1. The van der Waals surface area contributed by atoms with Crippen LogP contribution in [0.5, 0.6) is 5.75 Å². The predicted molar refractivity (Wildman–Crippen MR) is 77.3 cm³/mol. The maximum Gasteiger partial charge on any atom is 0.270 e. The predicted octanol–water partition coefficient (Wildman–Crippen LogP) is 2.50. The van der Waals surface area contributed by atoms with Gasteiger partial charge in [-0.15, -0.1) is 0 Å². The van der Waals surface area contributed by atoms with Gasteiger partial charge in [0.1, 0.15) is 17.6 Å². The van der Waals surface area contributed by atoms with Crippen LogP contribution in [-0.4, -0.2) is 23.7 Å². The number of nitrogens with zero attached hydrogens (tertiary/aromatic N) is 1. The molecule has 1 aromatic carbocycles. The standard InChI is InChI=1S/C16H17NO4/c1-16(2)15(19)17(3)11-9-10(6-7-12(11)21-16)14(18)13-5-4-8-20-13/h4-9,14,18H,1-3H3. The summed E-state index contributed by atoms with van der Waals surface area (Å²) in [5.41, 5.74) is 0.400. The average Bonchev–Trinajstić information content (AvgIpc) is 2.98. The summed E-state index contributed by atoms with van der Waals surface area (Å²) in [4.78, 5) is 13.8. The Hall–Kier alpha value is -2.27. The van der Waals surface area contributed by atoms with Crippen LogP contribution >= 0.6 is 0 Å². The lowest BCUT2D eigenvalue weighted by molar-refractivity contribution is -0.132. The van der Waals surface area contributed by atoms with Crippen molar-refractivity contribution < 1.29 is 19.1 Å². The Balaban J connectivity index is 2.01. The number of aliphatic hydroxyl groups is 1. The topological polar surface area (TPSA) is 62.9 Å². The first-order chi connectivity index (χ1) is 9.90. The molecule has 0 fully saturated rings. The molecule has 0 radical (unpaired) electrons. The zero-order valence-corrected chi connectivity index (χ0v) is 12.2. The van der Waals surface area contributed by atoms with Crippen LogP contribution in [0.4, 0.5) is 5.69 Å². The number of hydrogen-bond acceptors (Lipinski definition) is 4. The van der Waals surface area contributed by atoms with Crippen LogP contribution in [0.25, 0.3) is 0 Å². The third kappa shape index (κ3) is 2.19. The Morgan fingerprint density at radius 2 is 2.05 bits per heavy atom. The van der Waals surface area contributed by atoms with Crippen molar-refractivity contribution in [2.24, 2.45) is 0 Å². The number of fused-ring (bicyclic) bond motifs is 1. The van der Waals surface area contributed by atoms with Gasteiger partial charge in [0, 0.05) is 7.05 Å². The number of amides is 1. The Morgan fingerprint density at radius 1 is 1.29 bits per heavy atom. The van der Waals surface area contributed by atoms with Crippen molar-refractivity contribution in [2.45, 2.75) is 25.6 Å². The molecule has 5 heteroatoms. The van der Waals surface area contributed by atoms with Crippen LogP contribution in [0.1, 0.15) is 31.3 Å². The minimum Gasteiger partial charge on any atom is -0.476 e. The molecular weight excluding hydrogens is 270 g/mol. The Bertz CT molecular complexity index is 676. The fourth-order valence-corrected chi connectivity index (χ4v) is 2.50. The molecular formula is C16H17NO4. The number of ether oxygens (including phenoxy) is 1. The Labute approximate surface area is 122 Å². The number of carbonyl (C=O) groups is 1. The van der Waals surface area contributed by atoms with E-state index in [4.69, 9.17) is 9.15 Å². The molecule has 2 aromatic rings. The van der Waals surface area contributed by atoms with E-state index in [9.17, 15) is 9.90 Å². The highest BCUT2D eigenvalue weighted by molar-refractivity contribution is 6.01. The SMILES string of the molecule is CN1C(=O)C(C)(C)Oc2ccc(C(O)c3ccco3)cc21. The highest BCUT2D eigenvalue weighted by Gasteiger charge is 2.39. The number of likely N-dealkylation sites (N-methyl/N-ethyl adjacent to an activating group) is 1. The molecule has 0 aliphatic carbocycles. The van der Waals surface area contributed by atoms with Gasteiger partial charge in [0.15, 0.2) is 5.60 Å². The quantitative estimate of drug-likeness (QED) is 0.921. The fourth-order valence-electron chi connectivity index (χ4n) is 2.50. The van der Waals surface area contributed by atoms with Gasteiger partial charge in [-0.05, 0) is 43.7 Å². The van der Waals surface area contributed by atoms with E-state index in [0.717, 1.165) is 0 Å². The smallest absolute Gasteiger partial charge is 0.270 e. The lowest BCUT2D eigenvalue weighted by Gasteiger charge is -2.37. The molecule has 5 nitrogen and oxygen atoms in total. The van der Waals surface area contributed by atoms with Crippen LogP contribution in [0.15, 0.2) is 41.0 Å². The Kier molecular flexibility index (Phi) is 3.02. The second kappa shape index (κ2) is 4.63. The van der Waals surface area contributed by atoms with E-state index in [-0.39, 0.29) is 5.91 Å². The lowest BCUT2D eigenvalue weighted by Crippen LogP contribution is -2.50. The first-order valence-electron chi connectivity index (χ1n) is 6.73. The van der Waals surface area contributed by atoms with Crippen molar-refractivity contribution >= 4 is 11.6 Å². The minimum absolute atomic E-state index is 0.125. The third-order valence-electron chi connectivity index (χ3n) is 3.66.